The number of benzene rings is 1. The van der Waals surface area contributed by atoms with Gasteiger partial charge in [0, 0.05) is 30.6 Å². The summed E-state index contributed by atoms with van der Waals surface area (Å²) in [6.45, 7) is 6.33. The van der Waals surface area contributed by atoms with Gasteiger partial charge in [-0.25, -0.2) is 4.98 Å². The second-order valence-electron chi connectivity index (χ2n) is 5.73. The van der Waals surface area contributed by atoms with Crippen LogP contribution >= 0.6 is 23.7 Å². The molecule has 2 aromatic rings. The molecule has 7 heteroatoms. The number of hydrogen-bond acceptors (Lipinski definition) is 5. The van der Waals surface area contributed by atoms with Crippen LogP contribution in [-0.4, -0.2) is 41.5 Å². The van der Waals surface area contributed by atoms with Crippen LogP contribution < -0.4 is 10.5 Å². The zero-order chi connectivity index (χ0) is 17.0. The number of carbonyl (C=O) groups excluding carboxylic acids is 1. The van der Waals surface area contributed by atoms with Crippen molar-refractivity contribution in [2.24, 2.45) is 5.73 Å². The molecular weight excluding hydrogens is 346 g/mol. The van der Waals surface area contributed by atoms with E-state index in [1.165, 1.54) is 11.3 Å². The van der Waals surface area contributed by atoms with Gasteiger partial charge in [0.25, 0.3) is 5.91 Å². The zero-order valence-electron chi connectivity index (χ0n) is 14.4. The van der Waals surface area contributed by atoms with Crippen LogP contribution in [0.4, 0.5) is 0 Å². The van der Waals surface area contributed by atoms with E-state index >= 15 is 0 Å². The van der Waals surface area contributed by atoms with E-state index < -0.39 is 0 Å². The number of carbonyl (C=O) groups is 1. The van der Waals surface area contributed by atoms with Crippen LogP contribution in [0, 0.1) is 0 Å². The van der Waals surface area contributed by atoms with Crippen molar-refractivity contribution in [3.8, 4) is 16.3 Å². The molecule has 0 aliphatic carbocycles. The van der Waals surface area contributed by atoms with Gasteiger partial charge >= 0.3 is 0 Å². The molecule has 1 aromatic heterocycles. The first-order valence-corrected chi connectivity index (χ1v) is 8.50. The number of nitrogens with two attached hydrogens (primary N) is 1. The summed E-state index contributed by atoms with van der Waals surface area (Å²) in [6, 6.07) is 7.73. The van der Waals surface area contributed by atoms with Crippen LogP contribution in [0.15, 0.2) is 29.6 Å². The largest absolute Gasteiger partial charge is 0.491 e. The number of hydrogen-bond donors (Lipinski definition) is 1. The van der Waals surface area contributed by atoms with Crippen molar-refractivity contribution in [1.82, 2.24) is 9.88 Å². The third-order valence-electron chi connectivity index (χ3n) is 3.52. The molecule has 0 radical (unpaired) electrons. The highest BCUT2D eigenvalue weighted by Gasteiger charge is 2.19. The van der Waals surface area contributed by atoms with E-state index in [2.05, 4.69) is 4.98 Å². The molecule has 24 heavy (non-hydrogen) atoms. The van der Waals surface area contributed by atoms with E-state index in [1.807, 2.05) is 45.0 Å². The molecule has 0 fully saturated rings. The Bertz CT molecular complexity index is 658. The molecule has 0 spiro atoms. The van der Waals surface area contributed by atoms with Crippen LogP contribution in [0.5, 0.6) is 5.75 Å². The van der Waals surface area contributed by atoms with Gasteiger partial charge in [-0.1, -0.05) is 0 Å². The second-order valence-corrected chi connectivity index (χ2v) is 6.59. The molecule has 5 nitrogen and oxygen atoms in total. The summed E-state index contributed by atoms with van der Waals surface area (Å²) in [6.07, 6.45) is 0.144. The monoisotopic (exact) mass is 369 g/mol. The predicted molar refractivity (Wildman–Crippen MR) is 101 cm³/mol. The maximum atomic E-state index is 12.4. The second kappa shape index (κ2) is 9.01. The van der Waals surface area contributed by atoms with Crippen LogP contribution in [0.2, 0.25) is 0 Å². The van der Waals surface area contributed by atoms with Gasteiger partial charge in [-0.3, -0.25) is 4.79 Å². The van der Waals surface area contributed by atoms with E-state index in [4.69, 9.17) is 10.5 Å². The SMILES string of the molecule is CC(C)Oc1ccc(-c2nc(C(=O)N(C)C(C)CN)cs2)cc1.Cl. The highest BCUT2D eigenvalue weighted by atomic mass is 35.5. The first-order valence-electron chi connectivity index (χ1n) is 7.62. The Labute approximate surface area is 153 Å². The van der Waals surface area contributed by atoms with Crippen LogP contribution in [-0.2, 0) is 0 Å². The Kier molecular flexibility index (Phi) is 7.66. The lowest BCUT2D eigenvalue weighted by atomic mass is 10.2. The van der Waals surface area contributed by atoms with Crippen molar-refractivity contribution >= 4 is 29.7 Å². The molecule has 132 valence electrons. The minimum absolute atomic E-state index is 0. The molecule has 0 aliphatic heterocycles. The molecule has 1 unspecified atom stereocenters. The van der Waals surface area contributed by atoms with Gasteiger partial charge in [-0.05, 0) is 45.0 Å². The van der Waals surface area contributed by atoms with E-state index in [1.54, 1.807) is 17.3 Å². The lowest BCUT2D eigenvalue weighted by molar-refractivity contribution is 0.0743. The van der Waals surface area contributed by atoms with Crippen LogP contribution in [0.1, 0.15) is 31.3 Å². The molecule has 0 bridgehead atoms. The van der Waals surface area contributed by atoms with E-state index in [0.717, 1.165) is 16.3 Å². The number of rotatable bonds is 6. The van der Waals surface area contributed by atoms with Gasteiger partial charge in [0.05, 0.1) is 6.10 Å². The van der Waals surface area contributed by atoms with E-state index in [9.17, 15) is 4.79 Å². The van der Waals surface area contributed by atoms with E-state index in [-0.39, 0.29) is 30.5 Å². The van der Waals surface area contributed by atoms with Crippen LogP contribution in [0.25, 0.3) is 10.6 Å². The Morgan fingerprint density at radius 2 is 1.92 bits per heavy atom. The number of amides is 1. The molecule has 2 rings (SSSR count). The Morgan fingerprint density at radius 3 is 2.46 bits per heavy atom. The molecule has 1 atom stereocenters. The number of ether oxygens (including phenoxy) is 1. The molecule has 1 heterocycles. The lowest BCUT2D eigenvalue weighted by Crippen LogP contribution is -2.39. The van der Waals surface area contributed by atoms with Gasteiger partial charge in [0.1, 0.15) is 16.5 Å². The molecule has 1 aromatic carbocycles. The van der Waals surface area contributed by atoms with Crippen molar-refractivity contribution in [3.05, 3.63) is 35.3 Å². The first-order chi connectivity index (χ1) is 10.9. The number of nitrogens with zero attached hydrogens (tertiary/aromatic N) is 2. The standard InChI is InChI=1S/C17H23N3O2S.ClH/c1-11(2)22-14-7-5-13(6-8-14)16-19-15(10-23-16)17(21)20(4)12(3)9-18;/h5-8,10-12H,9,18H2,1-4H3;1H. The Morgan fingerprint density at radius 1 is 1.29 bits per heavy atom. The summed E-state index contributed by atoms with van der Waals surface area (Å²) in [4.78, 5) is 18.4. The fourth-order valence-electron chi connectivity index (χ4n) is 1.99. The molecule has 0 saturated heterocycles. The topological polar surface area (TPSA) is 68.5 Å². The fraction of sp³-hybridized carbons (Fsp3) is 0.412. The normalized spacial score (nSPS) is 11.8. The van der Waals surface area contributed by atoms with E-state index in [0.29, 0.717) is 12.2 Å². The third kappa shape index (κ3) is 4.93. The molecule has 2 N–H and O–H groups in total. The van der Waals surface area contributed by atoms with Gasteiger partial charge in [0.15, 0.2) is 0 Å². The highest BCUT2D eigenvalue weighted by molar-refractivity contribution is 7.13. The molecule has 0 saturated carbocycles. The maximum Gasteiger partial charge on any atom is 0.273 e. The summed E-state index contributed by atoms with van der Waals surface area (Å²) in [5, 5.41) is 2.61. The summed E-state index contributed by atoms with van der Waals surface area (Å²) in [5.74, 6) is 0.721. The summed E-state index contributed by atoms with van der Waals surface area (Å²) >= 11 is 1.46. The average Bonchev–Trinajstić information content (AvgIpc) is 3.02. The number of thiazole rings is 1. The summed E-state index contributed by atoms with van der Waals surface area (Å²) in [5.41, 5.74) is 7.04. The quantitative estimate of drug-likeness (QED) is 0.846. The number of halogens is 1. The number of aromatic nitrogens is 1. The van der Waals surface area contributed by atoms with Gasteiger partial charge in [-0.15, -0.1) is 23.7 Å². The summed E-state index contributed by atoms with van der Waals surface area (Å²) < 4.78 is 5.63. The molecule has 1 amide bonds. The Balaban J connectivity index is 0.00000288. The smallest absolute Gasteiger partial charge is 0.273 e. The lowest BCUT2D eigenvalue weighted by Gasteiger charge is -2.22. The molecule has 0 aliphatic rings. The van der Waals surface area contributed by atoms with Gasteiger partial charge in [-0.2, -0.15) is 0 Å². The van der Waals surface area contributed by atoms with Gasteiger partial charge in [0.2, 0.25) is 0 Å². The van der Waals surface area contributed by atoms with Crippen molar-refractivity contribution in [1.29, 1.82) is 0 Å². The highest BCUT2D eigenvalue weighted by Crippen LogP contribution is 2.26. The minimum Gasteiger partial charge on any atom is -0.491 e. The molecular formula is C17H24ClN3O2S. The maximum absolute atomic E-state index is 12.4. The average molecular weight is 370 g/mol. The van der Waals surface area contributed by atoms with Crippen molar-refractivity contribution < 1.29 is 9.53 Å². The Hall–Kier alpha value is -1.63. The number of likely N-dealkylation sites (N-methyl/N-ethyl adjacent to an activating group) is 1. The van der Waals surface area contributed by atoms with Gasteiger partial charge < -0.3 is 15.4 Å². The third-order valence-corrected chi connectivity index (χ3v) is 4.41. The summed E-state index contributed by atoms with van der Waals surface area (Å²) in [7, 11) is 1.75. The predicted octanol–water partition coefficient (Wildman–Crippen LogP) is 3.44. The van der Waals surface area contributed by atoms with Crippen molar-refractivity contribution in [2.75, 3.05) is 13.6 Å². The zero-order valence-corrected chi connectivity index (χ0v) is 16.0. The van der Waals surface area contributed by atoms with Crippen molar-refractivity contribution in [3.63, 3.8) is 0 Å². The first kappa shape index (κ1) is 20.4. The minimum atomic E-state index is -0.106. The fourth-order valence-corrected chi connectivity index (χ4v) is 2.79. The van der Waals surface area contributed by atoms with Crippen molar-refractivity contribution in [2.45, 2.75) is 32.9 Å². The van der Waals surface area contributed by atoms with Crippen LogP contribution in [0.3, 0.4) is 0 Å².